The van der Waals surface area contributed by atoms with Crippen LogP contribution < -0.4 is 5.32 Å². The molecule has 5 rings (SSSR count). The predicted octanol–water partition coefficient (Wildman–Crippen LogP) is 7.44. The van der Waals surface area contributed by atoms with Gasteiger partial charge in [-0.2, -0.15) is 0 Å². The number of hydrogen-bond donors (Lipinski definition) is 1. The van der Waals surface area contributed by atoms with Crippen molar-refractivity contribution in [1.82, 2.24) is 4.98 Å². The van der Waals surface area contributed by atoms with E-state index < -0.39 is 0 Å². The van der Waals surface area contributed by atoms with Crippen molar-refractivity contribution < 1.29 is 4.79 Å². The van der Waals surface area contributed by atoms with Gasteiger partial charge >= 0.3 is 0 Å². The van der Waals surface area contributed by atoms with Crippen LogP contribution in [0.15, 0.2) is 113 Å². The lowest BCUT2D eigenvalue weighted by Gasteiger charge is -2.16. The lowest BCUT2D eigenvalue weighted by molar-refractivity contribution is -0.115. The minimum Gasteiger partial charge on any atom is -0.301 e. The molecule has 0 aliphatic rings. The van der Waals surface area contributed by atoms with Crippen molar-refractivity contribution in [3.63, 3.8) is 0 Å². The summed E-state index contributed by atoms with van der Waals surface area (Å²) in [6.45, 7) is 0. The molecule has 0 fully saturated rings. The maximum Gasteiger partial charge on any atom is 0.244 e. The molecule has 0 aliphatic carbocycles. The summed E-state index contributed by atoms with van der Waals surface area (Å²) in [4.78, 5) is 19.0. The van der Waals surface area contributed by atoms with E-state index in [1.807, 2.05) is 78.2 Å². The molecule has 0 saturated carbocycles. The molecule has 0 aliphatic heterocycles. The number of carbonyl (C=O) groups is 1. The normalized spacial score (nSPS) is 11.9. The summed E-state index contributed by atoms with van der Waals surface area (Å²) in [7, 11) is 0. The summed E-state index contributed by atoms with van der Waals surface area (Å²) in [5.41, 5.74) is 2.87. The molecule has 1 heterocycles. The van der Waals surface area contributed by atoms with Gasteiger partial charge in [-0.3, -0.25) is 4.79 Å². The molecule has 3 nitrogen and oxygen atoms in total. The van der Waals surface area contributed by atoms with Crippen molar-refractivity contribution in [1.29, 1.82) is 0 Å². The number of hydrogen-bond acceptors (Lipinski definition) is 4. The zero-order valence-corrected chi connectivity index (χ0v) is 18.8. The number of anilines is 1. The molecule has 1 atom stereocenters. The number of fused-ring (bicyclic) bond motifs is 1. The largest absolute Gasteiger partial charge is 0.301 e. The quantitative estimate of drug-likeness (QED) is 0.272. The highest BCUT2D eigenvalue weighted by molar-refractivity contribution is 8.00. The third-order valence-corrected chi connectivity index (χ3v) is 7.14. The van der Waals surface area contributed by atoms with Crippen LogP contribution in [0.3, 0.4) is 0 Å². The van der Waals surface area contributed by atoms with Gasteiger partial charge in [0.25, 0.3) is 0 Å². The monoisotopic (exact) mass is 452 g/mol. The number of aromatic nitrogens is 1. The molecule has 0 unspecified atom stereocenters. The molecule has 0 spiro atoms. The Balaban J connectivity index is 1.38. The Morgan fingerprint density at radius 1 is 0.812 bits per heavy atom. The highest BCUT2D eigenvalue weighted by Gasteiger charge is 2.23. The van der Waals surface area contributed by atoms with Crippen LogP contribution in [0.4, 0.5) is 5.13 Å². The molecule has 0 saturated heterocycles. The fraction of sp³-hybridized carbons (Fsp3) is 0.0370. The SMILES string of the molecule is O=C(Nc1nc(-c2ccc3ccccc3c2)cs1)[C@@H](Sc1ccccc1)c1ccccc1. The molecule has 156 valence electrons. The zero-order chi connectivity index (χ0) is 21.8. The highest BCUT2D eigenvalue weighted by atomic mass is 32.2. The van der Waals surface area contributed by atoms with Gasteiger partial charge in [0.2, 0.25) is 5.91 Å². The Morgan fingerprint density at radius 2 is 1.50 bits per heavy atom. The van der Waals surface area contributed by atoms with Crippen LogP contribution in [0.1, 0.15) is 10.8 Å². The average Bonchev–Trinajstić information content (AvgIpc) is 3.32. The molecule has 32 heavy (non-hydrogen) atoms. The second-order valence-electron chi connectivity index (χ2n) is 7.31. The van der Waals surface area contributed by atoms with Crippen LogP contribution in [-0.4, -0.2) is 10.9 Å². The Labute approximate surface area is 195 Å². The van der Waals surface area contributed by atoms with Gasteiger partial charge in [0.05, 0.1) is 5.69 Å². The Kier molecular flexibility index (Phi) is 6.01. The molecule has 1 amide bonds. The lowest BCUT2D eigenvalue weighted by atomic mass is 10.1. The van der Waals surface area contributed by atoms with Gasteiger partial charge in [-0.15, -0.1) is 23.1 Å². The van der Waals surface area contributed by atoms with E-state index in [4.69, 9.17) is 0 Å². The highest BCUT2D eigenvalue weighted by Crippen LogP contribution is 2.36. The third-order valence-electron chi connectivity index (χ3n) is 5.12. The van der Waals surface area contributed by atoms with Crippen LogP contribution in [-0.2, 0) is 4.79 Å². The second-order valence-corrected chi connectivity index (χ2v) is 9.35. The maximum absolute atomic E-state index is 13.3. The van der Waals surface area contributed by atoms with Crippen LogP contribution in [0.5, 0.6) is 0 Å². The molecular weight excluding hydrogens is 432 g/mol. The van der Waals surface area contributed by atoms with E-state index in [1.165, 1.54) is 33.9 Å². The van der Waals surface area contributed by atoms with Crippen molar-refractivity contribution in [2.24, 2.45) is 0 Å². The number of nitrogens with zero attached hydrogens (tertiary/aromatic N) is 1. The molecule has 0 bridgehead atoms. The standard InChI is InChI=1S/C27H20N2OS2/c30-26(25(20-10-3-1-4-11-20)32-23-13-5-2-6-14-23)29-27-28-24(18-31-27)22-16-15-19-9-7-8-12-21(19)17-22/h1-18,25H,(H,28,29,30)/t25-/m0/s1. The number of thiazole rings is 1. The van der Waals surface area contributed by atoms with Gasteiger partial charge in [0.15, 0.2) is 5.13 Å². The molecule has 1 aromatic heterocycles. The summed E-state index contributed by atoms with van der Waals surface area (Å²) in [6, 6.07) is 34.4. The van der Waals surface area contributed by atoms with Crippen molar-refractivity contribution in [2.75, 3.05) is 5.32 Å². The summed E-state index contributed by atoms with van der Waals surface area (Å²) in [6.07, 6.45) is 0. The van der Waals surface area contributed by atoms with Crippen molar-refractivity contribution in [3.05, 3.63) is 114 Å². The van der Waals surface area contributed by atoms with Crippen LogP contribution in [0, 0.1) is 0 Å². The van der Waals surface area contributed by atoms with Gasteiger partial charge in [-0.1, -0.05) is 84.9 Å². The molecule has 5 aromatic rings. The van der Waals surface area contributed by atoms with Gasteiger partial charge in [0.1, 0.15) is 5.25 Å². The fourth-order valence-electron chi connectivity index (χ4n) is 3.52. The number of benzene rings is 4. The van der Waals surface area contributed by atoms with Gasteiger partial charge < -0.3 is 5.32 Å². The van der Waals surface area contributed by atoms with E-state index in [-0.39, 0.29) is 11.2 Å². The van der Waals surface area contributed by atoms with Crippen molar-refractivity contribution in [3.8, 4) is 11.3 Å². The first-order valence-corrected chi connectivity index (χ1v) is 12.0. The van der Waals surface area contributed by atoms with Crippen LogP contribution in [0.25, 0.3) is 22.0 Å². The maximum atomic E-state index is 13.3. The number of carbonyl (C=O) groups excluding carboxylic acids is 1. The van der Waals surface area contributed by atoms with Crippen molar-refractivity contribution in [2.45, 2.75) is 10.1 Å². The number of nitrogens with one attached hydrogen (secondary N) is 1. The summed E-state index contributed by atoms with van der Waals surface area (Å²) < 4.78 is 0. The van der Waals surface area contributed by atoms with E-state index in [0.29, 0.717) is 5.13 Å². The van der Waals surface area contributed by atoms with E-state index in [2.05, 4.69) is 40.6 Å². The van der Waals surface area contributed by atoms with Crippen LogP contribution >= 0.6 is 23.1 Å². The zero-order valence-electron chi connectivity index (χ0n) is 17.1. The van der Waals surface area contributed by atoms with E-state index >= 15 is 0 Å². The minimum atomic E-state index is -0.369. The predicted molar refractivity (Wildman–Crippen MR) is 135 cm³/mol. The molecule has 5 heteroatoms. The summed E-state index contributed by atoms with van der Waals surface area (Å²) in [5.74, 6) is -0.0792. The number of amides is 1. The fourth-order valence-corrected chi connectivity index (χ4v) is 5.29. The van der Waals surface area contributed by atoms with Gasteiger partial charge in [0, 0.05) is 15.8 Å². The van der Waals surface area contributed by atoms with Crippen LogP contribution in [0.2, 0.25) is 0 Å². The Hall–Kier alpha value is -3.41. The first kappa shape index (κ1) is 20.5. The minimum absolute atomic E-state index is 0.0792. The molecule has 4 aromatic carbocycles. The Morgan fingerprint density at radius 3 is 2.28 bits per heavy atom. The van der Waals surface area contributed by atoms with Crippen molar-refractivity contribution >= 4 is 44.9 Å². The first-order valence-electron chi connectivity index (χ1n) is 10.3. The van der Waals surface area contributed by atoms with Gasteiger partial charge in [-0.05, 0) is 34.5 Å². The summed E-state index contributed by atoms with van der Waals surface area (Å²) >= 11 is 2.98. The average molecular weight is 453 g/mol. The van der Waals surface area contributed by atoms with Gasteiger partial charge in [-0.25, -0.2) is 4.98 Å². The molecule has 1 N–H and O–H groups in total. The smallest absolute Gasteiger partial charge is 0.244 e. The topological polar surface area (TPSA) is 42.0 Å². The Bertz CT molecular complexity index is 1350. The first-order chi connectivity index (χ1) is 15.8. The number of thioether (sulfide) groups is 1. The summed E-state index contributed by atoms with van der Waals surface area (Å²) in [5, 5.41) is 7.63. The third kappa shape index (κ3) is 4.59. The van der Waals surface area contributed by atoms with E-state index in [9.17, 15) is 4.79 Å². The lowest BCUT2D eigenvalue weighted by Crippen LogP contribution is -2.18. The second kappa shape index (κ2) is 9.39. The van der Waals surface area contributed by atoms with E-state index in [1.54, 1.807) is 0 Å². The molecule has 0 radical (unpaired) electrons. The van der Waals surface area contributed by atoms with E-state index in [0.717, 1.165) is 21.7 Å². The number of rotatable bonds is 6. The molecular formula is C27H20N2OS2.